The maximum atomic E-state index is 11.7. The van der Waals surface area contributed by atoms with Gasteiger partial charge < -0.3 is 9.15 Å². The molecule has 1 aliphatic rings. The maximum Gasteiger partial charge on any atom is 0.363 e. The molecule has 5 heteroatoms. The van der Waals surface area contributed by atoms with Crippen LogP contribution in [0.25, 0.3) is 6.08 Å². The van der Waals surface area contributed by atoms with Crippen LogP contribution in [0.1, 0.15) is 11.3 Å². The van der Waals surface area contributed by atoms with Crippen molar-refractivity contribution in [2.24, 2.45) is 4.99 Å². The third kappa shape index (κ3) is 2.51. The molecule has 2 heterocycles. The Morgan fingerprint density at radius 3 is 2.84 bits per heavy atom. The average Bonchev–Trinajstić information content (AvgIpc) is 3.00. The second-order valence-corrected chi connectivity index (χ2v) is 4.78. The van der Waals surface area contributed by atoms with Gasteiger partial charge >= 0.3 is 5.97 Å². The van der Waals surface area contributed by atoms with E-state index >= 15 is 0 Å². The lowest BCUT2D eigenvalue weighted by atomic mass is 10.2. The van der Waals surface area contributed by atoms with Crippen LogP contribution in [0.5, 0.6) is 0 Å². The highest BCUT2D eigenvalue weighted by molar-refractivity contribution is 9.10. The predicted octanol–water partition coefficient (Wildman–Crippen LogP) is 3.39. The number of halogens is 1. The third-order valence-corrected chi connectivity index (χ3v) is 3.00. The minimum absolute atomic E-state index is 0.191. The van der Waals surface area contributed by atoms with Crippen molar-refractivity contribution in [3.05, 3.63) is 64.2 Å². The molecule has 0 aliphatic carbocycles. The van der Waals surface area contributed by atoms with E-state index in [2.05, 4.69) is 20.9 Å². The standard InChI is InChI=1S/C14H8BrNO3/c15-10-4-1-3-9(7-10)8-11-14(17)19-13(16-11)12-5-2-6-18-12/h1-8H/b11-8+. The van der Waals surface area contributed by atoms with Crippen LogP contribution in [0, 0.1) is 0 Å². The summed E-state index contributed by atoms with van der Waals surface area (Å²) in [6, 6.07) is 11.0. The summed E-state index contributed by atoms with van der Waals surface area (Å²) in [6.45, 7) is 0. The van der Waals surface area contributed by atoms with Crippen LogP contribution in [-0.2, 0) is 9.53 Å². The number of hydrogen-bond donors (Lipinski definition) is 0. The van der Waals surface area contributed by atoms with Gasteiger partial charge in [-0.2, -0.15) is 0 Å². The molecule has 0 radical (unpaired) electrons. The van der Waals surface area contributed by atoms with Crippen LogP contribution in [-0.4, -0.2) is 11.9 Å². The Morgan fingerprint density at radius 2 is 2.11 bits per heavy atom. The van der Waals surface area contributed by atoms with Gasteiger partial charge in [-0.15, -0.1) is 0 Å². The molecule has 0 saturated heterocycles. The first-order valence-corrected chi connectivity index (χ1v) is 6.34. The Labute approximate surface area is 117 Å². The predicted molar refractivity (Wildman–Crippen MR) is 73.5 cm³/mol. The quantitative estimate of drug-likeness (QED) is 0.630. The average molecular weight is 318 g/mol. The van der Waals surface area contributed by atoms with Crippen LogP contribution in [0.3, 0.4) is 0 Å². The van der Waals surface area contributed by atoms with Crippen molar-refractivity contribution in [3.8, 4) is 0 Å². The van der Waals surface area contributed by atoms with Crippen molar-refractivity contribution in [1.29, 1.82) is 0 Å². The second-order valence-electron chi connectivity index (χ2n) is 3.87. The van der Waals surface area contributed by atoms with E-state index in [-0.39, 0.29) is 11.6 Å². The van der Waals surface area contributed by atoms with Gasteiger partial charge in [-0.3, -0.25) is 0 Å². The zero-order valence-corrected chi connectivity index (χ0v) is 11.3. The first-order valence-electron chi connectivity index (χ1n) is 5.54. The van der Waals surface area contributed by atoms with Gasteiger partial charge in [-0.05, 0) is 35.9 Å². The minimum Gasteiger partial charge on any atom is -0.459 e. The Hall–Kier alpha value is -2.14. The molecule has 0 saturated carbocycles. The summed E-state index contributed by atoms with van der Waals surface area (Å²) in [4.78, 5) is 15.8. The van der Waals surface area contributed by atoms with E-state index in [1.807, 2.05) is 24.3 Å². The van der Waals surface area contributed by atoms with E-state index in [1.165, 1.54) is 6.26 Å². The summed E-state index contributed by atoms with van der Waals surface area (Å²) in [5.74, 6) is 0.147. The number of ether oxygens (including phenoxy) is 1. The molecule has 0 atom stereocenters. The molecule has 1 aromatic carbocycles. The van der Waals surface area contributed by atoms with Gasteiger partial charge in [-0.25, -0.2) is 9.79 Å². The molecule has 19 heavy (non-hydrogen) atoms. The molecular formula is C14H8BrNO3. The SMILES string of the molecule is O=C1OC(c2ccco2)=N/C1=C/c1cccc(Br)c1. The van der Waals surface area contributed by atoms with Crippen molar-refractivity contribution in [3.63, 3.8) is 0 Å². The van der Waals surface area contributed by atoms with E-state index < -0.39 is 5.97 Å². The highest BCUT2D eigenvalue weighted by atomic mass is 79.9. The molecule has 4 nitrogen and oxygen atoms in total. The Bertz CT molecular complexity index is 686. The molecule has 0 N–H and O–H groups in total. The normalized spacial score (nSPS) is 16.6. The van der Waals surface area contributed by atoms with E-state index in [9.17, 15) is 4.79 Å². The molecule has 0 fully saturated rings. The number of furan rings is 1. The van der Waals surface area contributed by atoms with E-state index in [0.29, 0.717) is 5.76 Å². The monoisotopic (exact) mass is 317 g/mol. The van der Waals surface area contributed by atoms with E-state index in [0.717, 1.165) is 10.0 Å². The lowest BCUT2D eigenvalue weighted by Crippen LogP contribution is -2.04. The number of carbonyl (C=O) groups is 1. The maximum absolute atomic E-state index is 11.7. The van der Waals surface area contributed by atoms with E-state index in [4.69, 9.17) is 9.15 Å². The molecule has 94 valence electrons. The topological polar surface area (TPSA) is 51.8 Å². The number of nitrogens with zero attached hydrogens (tertiary/aromatic N) is 1. The van der Waals surface area contributed by atoms with E-state index in [1.54, 1.807) is 18.2 Å². The van der Waals surface area contributed by atoms with Crippen molar-refractivity contribution in [1.82, 2.24) is 0 Å². The van der Waals surface area contributed by atoms with Gasteiger partial charge in [-0.1, -0.05) is 28.1 Å². The van der Waals surface area contributed by atoms with Gasteiger partial charge in [0.1, 0.15) is 0 Å². The Balaban J connectivity index is 1.95. The highest BCUT2D eigenvalue weighted by Crippen LogP contribution is 2.20. The Morgan fingerprint density at radius 1 is 1.21 bits per heavy atom. The second kappa shape index (κ2) is 4.85. The number of esters is 1. The van der Waals surface area contributed by atoms with Crippen LogP contribution >= 0.6 is 15.9 Å². The number of carbonyl (C=O) groups excluding carboxylic acids is 1. The molecule has 1 aliphatic heterocycles. The summed E-state index contributed by atoms with van der Waals surface area (Å²) in [5, 5.41) is 0. The van der Waals surface area contributed by atoms with Crippen LogP contribution in [0.4, 0.5) is 0 Å². The number of aliphatic imine (C=N–C) groups is 1. The summed E-state index contributed by atoms with van der Waals surface area (Å²) in [6.07, 6.45) is 3.17. The zero-order valence-electron chi connectivity index (χ0n) is 9.67. The van der Waals surface area contributed by atoms with Crippen molar-refractivity contribution in [2.75, 3.05) is 0 Å². The van der Waals surface area contributed by atoms with Crippen LogP contribution in [0.2, 0.25) is 0 Å². The van der Waals surface area contributed by atoms with Crippen molar-refractivity contribution < 1.29 is 13.9 Å². The minimum atomic E-state index is -0.480. The van der Waals surface area contributed by atoms with Crippen LogP contribution in [0.15, 0.2) is 62.2 Å². The first kappa shape index (κ1) is 11.9. The van der Waals surface area contributed by atoms with Gasteiger partial charge in [0.05, 0.1) is 6.26 Å². The Kier molecular flexibility index (Phi) is 3.05. The number of cyclic esters (lactones) is 1. The molecule has 3 rings (SSSR count). The lowest BCUT2D eigenvalue weighted by molar-refractivity contribution is -0.130. The van der Waals surface area contributed by atoms with Crippen LogP contribution < -0.4 is 0 Å². The van der Waals surface area contributed by atoms with Crippen molar-refractivity contribution >= 4 is 33.9 Å². The van der Waals surface area contributed by atoms with Gasteiger partial charge in [0.25, 0.3) is 5.90 Å². The molecular weight excluding hydrogens is 310 g/mol. The molecule has 2 aromatic rings. The van der Waals surface area contributed by atoms with Gasteiger partial charge in [0.2, 0.25) is 0 Å². The fourth-order valence-corrected chi connectivity index (χ4v) is 2.09. The number of hydrogen-bond acceptors (Lipinski definition) is 4. The summed E-state index contributed by atoms with van der Waals surface area (Å²) in [7, 11) is 0. The van der Waals surface area contributed by atoms with Gasteiger partial charge in [0.15, 0.2) is 11.5 Å². The zero-order chi connectivity index (χ0) is 13.2. The summed E-state index contributed by atoms with van der Waals surface area (Å²) in [5.41, 5.74) is 1.12. The highest BCUT2D eigenvalue weighted by Gasteiger charge is 2.25. The molecule has 0 unspecified atom stereocenters. The third-order valence-electron chi connectivity index (χ3n) is 2.50. The first-order chi connectivity index (χ1) is 9.22. The van der Waals surface area contributed by atoms with Gasteiger partial charge in [0, 0.05) is 4.47 Å². The lowest BCUT2D eigenvalue weighted by Gasteiger charge is -1.94. The summed E-state index contributed by atoms with van der Waals surface area (Å²) < 4.78 is 11.1. The molecule has 0 amide bonds. The smallest absolute Gasteiger partial charge is 0.363 e. The number of rotatable bonds is 2. The summed E-state index contributed by atoms with van der Waals surface area (Å²) >= 11 is 3.37. The fraction of sp³-hybridized carbons (Fsp3) is 0. The van der Waals surface area contributed by atoms with Crippen molar-refractivity contribution in [2.45, 2.75) is 0 Å². The molecule has 1 aromatic heterocycles. The molecule has 0 spiro atoms. The largest absolute Gasteiger partial charge is 0.459 e. The molecule has 0 bridgehead atoms. The fourth-order valence-electron chi connectivity index (χ4n) is 1.67. The number of benzene rings is 1.